The Morgan fingerprint density at radius 1 is 1.60 bits per heavy atom. The molecule has 1 aromatic rings. The molecule has 2 heterocycles. The van der Waals surface area contributed by atoms with Crippen molar-refractivity contribution in [1.29, 1.82) is 0 Å². The van der Waals surface area contributed by atoms with Gasteiger partial charge in [0, 0.05) is 12.0 Å². The lowest BCUT2D eigenvalue weighted by molar-refractivity contribution is -0.134. The van der Waals surface area contributed by atoms with Crippen LogP contribution in [0.1, 0.15) is 43.6 Å². The average molecular weight is 294 g/mol. The first kappa shape index (κ1) is 14.0. The van der Waals surface area contributed by atoms with Crippen LogP contribution in [0.25, 0.3) is 0 Å². The average Bonchev–Trinajstić information content (AvgIpc) is 2.91. The highest BCUT2D eigenvalue weighted by molar-refractivity contribution is 7.10. The molecule has 0 aromatic carbocycles. The van der Waals surface area contributed by atoms with E-state index in [1.165, 1.54) is 4.88 Å². The Kier molecular flexibility index (Phi) is 3.84. The second-order valence-electron chi connectivity index (χ2n) is 5.75. The lowest BCUT2D eigenvalue weighted by Crippen LogP contribution is -2.42. The molecule has 0 bridgehead atoms. The standard InChI is InChI=1S/C15H22N2O2S/c1-3-5-11(10-19-2)17-13(12-6-4-9-20-12)16-15(7-8-15)14(17)18/h4,6,9,11,13,16H,3,5,7-8,10H2,1-2H3. The quantitative estimate of drug-likeness (QED) is 0.876. The van der Waals surface area contributed by atoms with Crippen molar-refractivity contribution < 1.29 is 9.53 Å². The van der Waals surface area contributed by atoms with Gasteiger partial charge in [-0.1, -0.05) is 19.4 Å². The maximum absolute atomic E-state index is 12.8. The number of rotatable bonds is 6. The van der Waals surface area contributed by atoms with Crippen molar-refractivity contribution in [2.75, 3.05) is 13.7 Å². The predicted octanol–water partition coefficient (Wildman–Crippen LogP) is 2.53. The number of hydrogen-bond donors (Lipinski definition) is 1. The molecule has 2 fully saturated rings. The van der Waals surface area contributed by atoms with E-state index in [0.717, 1.165) is 25.7 Å². The van der Waals surface area contributed by atoms with E-state index < -0.39 is 0 Å². The lowest BCUT2D eigenvalue weighted by Gasteiger charge is -2.31. The van der Waals surface area contributed by atoms with Gasteiger partial charge in [-0.3, -0.25) is 10.1 Å². The summed E-state index contributed by atoms with van der Waals surface area (Å²) in [4.78, 5) is 16.1. The zero-order chi connectivity index (χ0) is 14.2. The Labute approximate surface area is 124 Å². The van der Waals surface area contributed by atoms with Crippen molar-refractivity contribution in [2.24, 2.45) is 0 Å². The van der Waals surface area contributed by atoms with E-state index in [0.29, 0.717) is 6.61 Å². The smallest absolute Gasteiger partial charge is 0.244 e. The van der Waals surface area contributed by atoms with Crippen LogP contribution in [0.2, 0.25) is 0 Å². The monoisotopic (exact) mass is 294 g/mol. The number of methoxy groups -OCH3 is 1. The van der Waals surface area contributed by atoms with Crippen LogP contribution >= 0.6 is 11.3 Å². The Balaban J connectivity index is 1.89. The molecule has 1 amide bonds. The molecule has 1 spiro atoms. The van der Waals surface area contributed by atoms with E-state index in [4.69, 9.17) is 4.74 Å². The molecule has 2 aliphatic rings. The molecule has 1 aliphatic carbocycles. The van der Waals surface area contributed by atoms with Crippen molar-refractivity contribution >= 4 is 17.2 Å². The van der Waals surface area contributed by atoms with Crippen molar-refractivity contribution in [3.63, 3.8) is 0 Å². The third-order valence-corrected chi connectivity index (χ3v) is 5.20. The molecule has 1 N–H and O–H groups in total. The highest BCUT2D eigenvalue weighted by atomic mass is 32.1. The van der Waals surface area contributed by atoms with Crippen molar-refractivity contribution in [2.45, 2.75) is 50.4 Å². The molecule has 1 aliphatic heterocycles. The van der Waals surface area contributed by atoms with Crippen LogP contribution < -0.4 is 5.32 Å². The van der Waals surface area contributed by atoms with E-state index in [1.54, 1.807) is 18.4 Å². The minimum atomic E-state index is -0.269. The van der Waals surface area contributed by atoms with Crippen LogP contribution in [-0.4, -0.2) is 36.1 Å². The molecule has 3 rings (SSSR count). The first-order chi connectivity index (χ1) is 9.72. The fourth-order valence-corrected chi connectivity index (χ4v) is 3.87. The van der Waals surface area contributed by atoms with Gasteiger partial charge in [0.05, 0.1) is 12.6 Å². The summed E-state index contributed by atoms with van der Waals surface area (Å²) >= 11 is 1.71. The Morgan fingerprint density at radius 3 is 2.95 bits per heavy atom. The molecule has 5 heteroatoms. The number of amides is 1. The Hall–Kier alpha value is -0.910. The largest absolute Gasteiger partial charge is 0.383 e. The summed E-state index contributed by atoms with van der Waals surface area (Å²) < 4.78 is 5.35. The number of carbonyl (C=O) groups excluding carboxylic acids is 1. The number of hydrogen-bond acceptors (Lipinski definition) is 4. The van der Waals surface area contributed by atoms with Crippen LogP contribution in [-0.2, 0) is 9.53 Å². The van der Waals surface area contributed by atoms with Crippen LogP contribution in [0.15, 0.2) is 17.5 Å². The Morgan fingerprint density at radius 2 is 2.40 bits per heavy atom. The van der Waals surface area contributed by atoms with Gasteiger partial charge in [0.15, 0.2) is 0 Å². The minimum absolute atomic E-state index is 0.0247. The summed E-state index contributed by atoms with van der Waals surface area (Å²) in [5.41, 5.74) is -0.269. The molecule has 1 saturated heterocycles. The molecular formula is C15H22N2O2S. The summed E-state index contributed by atoms with van der Waals surface area (Å²) in [7, 11) is 1.71. The molecular weight excluding hydrogens is 272 g/mol. The second-order valence-corrected chi connectivity index (χ2v) is 6.73. The molecule has 1 saturated carbocycles. The van der Waals surface area contributed by atoms with Gasteiger partial charge in [-0.15, -0.1) is 11.3 Å². The van der Waals surface area contributed by atoms with E-state index >= 15 is 0 Å². The first-order valence-electron chi connectivity index (χ1n) is 7.34. The van der Waals surface area contributed by atoms with Crippen LogP contribution in [0.5, 0.6) is 0 Å². The third-order valence-electron chi connectivity index (χ3n) is 4.27. The highest BCUT2D eigenvalue weighted by Crippen LogP contribution is 2.47. The maximum Gasteiger partial charge on any atom is 0.244 e. The fraction of sp³-hybridized carbons (Fsp3) is 0.667. The van der Waals surface area contributed by atoms with Gasteiger partial charge < -0.3 is 9.64 Å². The molecule has 110 valence electrons. The number of nitrogens with zero attached hydrogens (tertiary/aromatic N) is 1. The normalized spacial score (nSPS) is 25.4. The molecule has 20 heavy (non-hydrogen) atoms. The van der Waals surface area contributed by atoms with Gasteiger partial charge in [-0.25, -0.2) is 0 Å². The van der Waals surface area contributed by atoms with Gasteiger partial charge in [0.1, 0.15) is 11.7 Å². The number of ether oxygens (including phenoxy) is 1. The molecule has 1 aromatic heterocycles. The molecule has 4 nitrogen and oxygen atoms in total. The van der Waals surface area contributed by atoms with E-state index in [9.17, 15) is 4.79 Å². The minimum Gasteiger partial charge on any atom is -0.383 e. The summed E-state index contributed by atoms with van der Waals surface area (Å²) in [6, 6.07) is 4.32. The lowest BCUT2D eigenvalue weighted by atomic mass is 10.1. The van der Waals surface area contributed by atoms with Gasteiger partial charge in [0.2, 0.25) is 5.91 Å². The van der Waals surface area contributed by atoms with Crippen molar-refractivity contribution in [3.05, 3.63) is 22.4 Å². The first-order valence-corrected chi connectivity index (χ1v) is 8.22. The fourth-order valence-electron chi connectivity index (χ4n) is 3.10. The topological polar surface area (TPSA) is 41.6 Å². The number of carbonyl (C=O) groups is 1. The van der Waals surface area contributed by atoms with Gasteiger partial charge in [0.25, 0.3) is 0 Å². The van der Waals surface area contributed by atoms with Crippen LogP contribution in [0.4, 0.5) is 0 Å². The zero-order valence-electron chi connectivity index (χ0n) is 12.1. The van der Waals surface area contributed by atoms with Crippen LogP contribution in [0.3, 0.4) is 0 Å². The molecule has 2 atom stereocenters. The SMILES string of the molecule is CCCC(COC)N1C(=O)C2(CC2)NC1c1cccs1. The highest BCUT2D eigenvalue weighted by Gasteiger charge is 2.60. The van der Waals surface area contributed by atoms with Crippen molar-refractivity contribution in [3.8, 4) is 0 Å². The molecule has 2 unspecified atom stereocenters. The summed E-state index contributed by atoms with van der Waals surface area (Å²) in [5, 5.41) is 5.64. The van der Waals surface area contributed by atoms with E-state index in [2.05, 4.69) is 23.7 Å². The summed E-state index contributed by atoms with van der Waals surface area (Å²) in [6.45, 7) is 2.77. The zero-order valence-corrected chi connectivity index (χ0v) is 12.9. The van der Waals surface area contributed by atoms with E-state index in [1.807, 2.05) is 11.0 Å². The maximum atomic E-state index is 12.8. The van der Waals surface area contributed by atoms with Gasteiger partial charge in [-0.05, 0) is 30.7 Å². The van der Waals surface area contributed by atoms with E-state index in [-0.39, 0.29) is 23.7 Å². The second kappa shape index (κ2) is 5.47. The number of thiophene rings is 1. The van der Waals surface area contributed by atoms with Crippen LogP contribution in [0, 0.1) is 0 Å². The summed E-state index contributed by atoms with van der Waals surface area (Å²) in [6.07, 6.45) is 4.00. The predicted molar refractivity (Wildman–Crippen MR) is 79.6 cm³/mol. The summed E-state index contributed by atoms with van der Waals surface area (Å²) in [5.74, 6) is 0.270. The van der Waals surface area contributed by atoms with Gasteiger partial charge >= 0.3 is 0 Å². The number of nitrogens with one attached hydrogen (secondary N) is 1. The Bertz CT molecular complexity index is 464. The third kappa shape index (κ3) is 2.28. The van der Waals surface area contributed by atoms with Crippen molar-refractivity contribution in [1.82, 2.24) is 10.2 Å². The molecule has 0 radical (unpaired) electrons. The van der Waals surface area contributed by atoms with Gasteiger partial charge in [-0.2, -0.15) is 0 Å².